The minimum absolute atomic E-state index is 0.186. The summed E-state index contributed by atoms with van der Waals surface area (Å²) in [7, 11) is 1.82. The molecule has 0 unspecified atom stereocenters. The van der Waals surface area contributed by atoms with Gasteiger partial charge in [-0.1, -0.05) is 0 Å². The quantitative estimate of drug-likeness (QED) is 0.547. The van der Waals surface area contributed by atoms with Crippen molar-refractivity contribution in [2.24, 2.45) is 7.05 Å². The number of rotatable bonds is 4. The minimum Gasteiger partial charge on any atom is -0.289 e. The summed E-state index contributed by atoms with van der Waals surface area (Å²) in [5.74, 6) is -0.549. The van der Waals surface area contributed by atoms with Gasteiger partial charge < -0.3 is 0 Å². The van der Waals surface area contributed by atoms with Gasteiger partial charge in [-0.15, -0.1) is 0 Å². The largest absolute Gasteiger partial charge is 0.289 e. The van der Waals surface area contributed by atoms with Gasteiger partial charge in [0.1, 0.15) is 5.82 Å². The van der Waals surface area contributed by atoms with Gasteiger partial charge in [-0.3, -0.25) is 14.5 Å². The average Bonchev–Trinajstić information content (AvgIpc) is 2.95. The van der Waals surface area contributed by atoms with E-state index in [2.05, 4.69) is 10.1 Å². The van der Waals surface area contributed by atoms with Crippen LogP contribution in [0.15, 0.2) is 61.1 Å². The maximum absolute atomic E-state index is 12.9. The molecule has 0 N–H and O–H groups in total. The van der Waals surface area contributed by atoms with Gasteiger partial charge in [0.25, 0.3) is 0 Å². The Morgan fingerprint density at radius 2 is 1.83 bits per heavy atom. The number of hydrogen-bond acceptors (Lipinski definition) is 3. The molecule has 0 saturated carbocycles. The number of ketones is 1. The van der Waals surface area contributed by atoms with E-state index >= 15 is 0 Å². The molecule has 0 atom stereocenters. The fourth-order valence-corrected chi connectivity index (χ4v) is 2.24. The van der Waals surface area contributed by atoms with Crippen molar-refractivity contribution in [3.8, 4) is 11.3 Å². The van der Waals surface area contributed by atoms with Gasteiger partial charge in [0.2, 0.25) is 0 Å². The van der Waals surface area contributed by atoms with Gasteiger partial charge in [-0.25, -0.2) is 4.39 Å². The number of pyridine rings is 1. The second-order valence-electron chi connectivity index (χ2n) is 5.05. The molecule has 0 aliphatic rings. The normalized spacial score (nSPS) is 11.0. The number of hydrogen-bond donors (Lipinski definition) is 0. The number of aryl methyl sites for hydroxylation is 1. The first kappa shape index (κ1) is 14.8. The van der Waals surface area contributed by atoms with Crippen LogP contribution < -0.4 is 0 Å². The summed E-state index contributed by atoms with van der Waals surface area (Å²) in [6.07, 6.45) is 8.41. The summed E-state index contributed by atoms with van der Waals surface area (Å²) in [6, 6.07) is 9.20. The lowest BCUT2D eigenvalue weighted by Gasteiger charge is -1.98. The standard InChI is InChI=1S/C18H14FN3O/c1-22-12-15(18(21-22)14-8-10-20-11-9-14)4-7-17(23)13-2-5-16(19)6-3-13/h2-12H,1H3/b7-4+. The second-order valence-corrected chi connectivity index (χ2v) is 5.05. The van der Waals surface area contributed by atoms with Crippen LogP contribution in [0.3, 0.4) is 0 Å². The maximum atomic E-state index is 12.9. The van der Waals surface area contributed by atoms with E-state index in [1.807, 2.05) is 25.4 Å². The molecule has 0 bridgehead atoms. The number of carbonyl (C=O) groups is 1. The van der Waals surface area contributed by atoms with E-state index in [-0.39, 0.29) is 11.6 Å². The lowest BCUT2D eigenvalue weighted by atomic mass is 10.1. The highest BCUT2D eigenvalue weighted by molar-refractivity contribution is 6.07. The van der Waals surface area contributed by atoms with Crippen LogP contribution in [-0.4, -0.2) is 20.5 Å². The number of benzene rings is 1. The zero-order chi connectivity index (χ0) is 16.2. The monoisotopic (exact) mass is 307 g/mol. The van der Waals surface area contributed by atoms with E-state index in [4.69, 9.17) is 0 Å². The molecular formula is C18H14FN3O. The third-order valence-corrected chi connectivity index (χ3v) is 3.35. The Labute approximate surface area is 132 Å². The van der Waals surface area contributed by atoms with Crippen molar-refractivity contribution in [3.05, 3.63) is 78.0 Å². The van der Waals surface area contributed by atoms with Crippen molar-refractivity contribution in [3.63, 3.8) is 0 Å². The van der Waals surface area contributed by atoms with E-state index in [9.17, 15) is 9.18 Å². The molecule has 0 radical (unpaired) electrons. The highest BCUT2D eigenvalue weighted by Gasteiger charge is 2.08. The maximum Gasteiger partial charge on any atom is 0.185 e. The molecule has 23 heavy (non-hydrogen) atoms. The van der Waals surface area contributed by atoms with Gasteiger partial charge in [0.05, 0.1) is 5.69 Å². The molecule has 3 aromatic rings. The molecule has 0 saturated heterocycles. The van der Waals surface area contributed by atoms with Crippen molar-refractivity contribution >= 4 is 11.9 Å². The van der Waals surface area contributed by atoms with Gasteiger partial charge in [-0.05, 0) is 48.6 Å². The van der Waals surface area contributed by atoms with Crippen molar-refractivity contribution in [2.45, 2.75) is 0 Å². The summed E-state index contributed by atoms with van der Waals surface area (Å²) in [5, 5.41) is 4.42. The second kappa shape index (κ2) is 6.36. The Morgan fingerprint density at radius 1 is 1.13 bits per heavy atom. The van der Waals surface area contributed by atoms with E-state index in [1.165, 1.54) is 30.3 Å². The molecule has 0 spiro atoms. The summed E-state index contributed by atoms with van der Waals surface area (Å²) < 4.78 is 14.6. The molecule has 0 fully saturated rings. The molecule has 0 aliphatic heterocycles. The zero-order valence-electron chi connectivity index (χ0n) is 12.5. The molecule has 4 nitrogen and oxygen atoms in total. The summed E-state index contributed by atoms with van der Waals surface area (Å²) in [5.41, 5.74) is 2.97. The molecule has 114 valence electrons. The Balaban J connectivity index is 1.88. The summed E-state index contributed by atoms with van der Waals surface area (Å²) in [4.78, 5) is 16.1. The number of aromatic nitrogens is 3. The summed E-state index contributed by atoms with van der Waals surface area (Å²) in [6.45, 7) is 0. The zero-order valence-corrected chi connectivity index (χ0v) is 12.5. The highest BCUT2D eigenvalue weighted by atomic mass is 19.1. The molecular weight excluding hydrogens is 293 g/mol. The molecule has 3 rings (SSSR count). The van der Waals surface area contributed by atoms with Crippen LogP contribution in [0.4, 0.5) is 4.39 Å². The summed E-state index contributed by atoms with van der Waals surface area (Å²) >= 11 is 0. The van der Waals surface area contributed by atoms with E-state index in [1.54, 1.807) is 23.2 Å². The molecule has 2 aromatic heterocycles. The topological polar surface area (TPSA) is 47.8 Å². The predicted molar refractivity (Wildman–Crippen MR) is 86.2 cm³/mol. The van der Waals surface area contributed by atoms with E-state index in [0.717, 1.165) is 16.8 Å². The van der Waals surface area contributed by atoms with Crippen LogP contribution in [-0.2, 0) is 7.05 Å². The van der Waals surface area contributed by atoms with Crippen molar-refractivity contribution in [1.29, 1.82) is 0 Å². The third kappa shape index (κ3) is 3.40. The molecule has 5 heteroatoms. The SMILES string of the molecule is Cn1cc(/C=C/C(=O)c2ccc(F)cc2)c(-c2ccncc2)n1. The van der Waals surface area contributed by atoms with Crippen LogP contribution in [0.2, 0.25) is 0 Å². The van der Waals surface area contributed by atoms with Crippen LogP contribution >= 0.6 is 0 Å². The van der Waals surface area contributed by atoms with Crippen molar-refractivity contribution < 1.29 is 9.18 Å². The third-order valence-electron chi connectivity index (χ3n) is 3.35. The average molecular weight is 307 g/mol. The fraction of sp³-hybridized carbons (Fsp3) is 0.0556. The van der Waals surface area contributed by atoms with E-state index < -0.39 is 0 Å². The number of allylic oxidation sites excluding steroid dienone is 1. The first-order valence-corrected chi connectivity index (χ1v) is 7.05. The van der Waals surface area contributed by atoms with Crippen molar-refractivity contribution in [2.75, 3.05) is 0 Å². The highest BCUT2D eigenvalue weighted by Crippen LogP contribution is 2.22. The number of nitrogens with zero attached hydrogens (tertiary/aromatic N) is 3. The van der Waals surface area contributed by atoms with Gasteiger partial charge in [-0.2, -0.15) is 5.10 Å². The van der Waals surface area contributed by atoms with Crippen LogP contribution in [0, 0.1) is 5.82 Å². The number of carbonyl (C=O) groups excluding carboxylic acids is 1. The first-order chi connectivity index (χ1) is 11.1. The fourth-order valence-electron chi connectivity index (χ4n) is 2.24. The predicted octanol–water partition coefficient (Wildman–Crippen LogP) is 3.52. The molecule has 0 aliphatic carbocycles. The van der Waals surface area contributed by atoms with Crippen molar-refractivity contribution in [1.82, 2.24) is 14.8 Å². The Bertz CT molecular complexity index is 852. The van der Waals surface area contributed by atoms with Crippen LogP contribution in [0.1, 0.15) is 15.9 Å². The smallest absolute Gasteiger partial charge is 0.185 e. The minimum atomic E-state index is -0.363. The number of halogens is 1. The Kier molecular flexibility index (Phi) is 4.10. The van der Waals surface area contributed by atoms with Crippen LogP contribution in [0.25, 0.3) is 17.3 Å². The van der Waals surface area contributed by atoms with Gasteiger partial charge in [0.15, 0.2) is 5.78 Å². The van der Waals surface area contributed by atoms with Gasteiger partial charge in [0, 0.05) is 42.3 Å². The molecule has 2 heterocycles. The van der Waals surface area contributed by atoms with Gasteiger partial charge >= 0.3 is 0 Å². The lowest BCUT2D eigenvalue weighted by Crippen LogP contribution is -1.93. The molecule has 1 aromatic carbocycles. The van der Waals surface area contributed by atoms with Crippen LogP contribution in [0.5, 0.6) is 0 Å². The van der Waals surface area contributed by atoms with E-state index in [0.29, 0.717) is 5.56 Å². The Morgan fingerprint density at radius 3 is 2.52 bits per heavy atom. The first-order valence-electron chi connectivity index (χ1n) is 7.05. The Hall–Kier alpha value is -3.08. The molecule has 0 amide bonds. The lowest BCUT2D eigenvalue weighted by molar-refractivity contribution is 0.104.